The average Bonchev–Trinajstić information content (AvgIpc) is 3.53. The quantitative estimate of drug-likeness (QED) is 0.188. The van der Waals surface area contributed by atoms with E-state index in [9.17, 15) is 0 Å². The van der Waals surface area contributed by atoms with Crippen molar-refractivity contribution in [2.75, 3.05) is 0 Å². The van der Waals surface area contributed by atoms with Gasteiger partial charge in [0.2, 0.25) is 0 Å². The molecule has 0 saturated carbocycles. The molecule has 8 aromatic carbocycles. The number of furan rings is 1. The Kier molecular flexibility index (Phi) is 6.76. The van der Waals surface area contributed by atoms with Crippen molar-refractivity contribution in [1.82, 2.24) is 0 Å². The second-order valence-corrected chi connectivity index (χ2v) is 12.6. The lowest BCUT2D eigenvalue weighted by molar-refractivity contribution is 0.669. The average molecular weight is 613 g/mol. The maximum atomic E-state index is 6.32. The fraction of sp³-hybridized carbons (Fsp3) is 0.0213. The Hall–Kier alpha value is -6.18. The van der Waals surface area contributed by atoms with Crippen molar-refractivity contribution in [2.24, 2.45) is 0 Å². The fourth-order valence-electron chi connectivity index (χ4n) is 7.13. The van der Waals surface area contributed by atoms with E-state index >= 15 is 0 Å². The minimum Gasteiger partial charge on any atom is -0.456 e. The van der Waals surface area contributed by atoms with Crippen LogP contribution >= 0.6 is 0 Å². The molecular weight excluding hydrogens is 581 g/mol. The monoisotopic (exact) mass is 612 g/mol. The molecule has 1 heterocycles. The summed E-state index contributed by atoms with van der Waals surface area (Å²) in [4.78, 5) is 0. The molecule has 0 amide bonds. The summed E-state index contributed by atoms with van der Waals surface area (Å²) in [6, 6.07) is 63.4. The third-order valence-electron chi connectivity index (χ3n) is 9.58. The van der Waals surface area contributed by atoms with Gasteiger partial charge < -0.3 is 4.42 Å². The fourth-order valence-corrected chi connectivity index (χ4v) is 7.13. The molecule has 0 saturated heterocycles. The van der Waals surface area contributed by atoms with Crippen LogP contribution in [0.3, 0.4) is 0 Å². The van der Waals surface area contributed by atoms with Gasteiger partial charge in [-0.05, 0) is 121 Å². The zero-order valence-electron chi connectivity index (χ0n) is 26.7. The van der Waals surface area contributed by atoms with Gasteiger partial charge in [-0.1, -0.05) is 133 Å². The standard InChI is InChI=1S/C47H32O/c1-31-18-25-45-47(43-16-7-8-17-44(43)48-45)46(31)42-29-40(32-10-3-2-4-11-32)28-41(30-42)38-15-9-14-37(26-38)34-19-21-35(22-20-34)39-24-23-33-12-5-6-13-36(33)27-39/h2-30H,1H3. The van der Waals surface area contributed by atoms with Crippen LogP contribution in [0.5, 0.6) is 0 Å². The van der Waals surface area contributed by atoms with E-state index in [2.05, 4.69) is 177 Å². The summed E-state index contributed by atoms with van der Waals surface area (Å²) in [6.45, 7) is 2.20. The van der Waals surface area contributed by atoms with Gasteiger partial charge in [0.25, 0.3) is 0 Å². The number of rotatable bonds is 5. The van der Waals surface area contributed by atoms with Gasteiger partial charge in [0.1, 0.15) is 11.2 Å². The maximum Gasteiger partial charge on any atom is 0.136 e. The Morgan fingerprint density at radius 1 is 0.333 bits per heavy atom. The van der Waals surface area contributed by atoms with E-state index in [-0.39, 0.29) is 0 Å². The van der Waals surface area contributed by atoms with Crippen molar-refractivity contribution in [3.05, 3.63) is 181 Å². The highest BCUT2D eigenvalue weighted by Gasteiger charge is 2.17. The first-order valence-electron chi connectivity index (χ1n) is 16.5. The summed E-state index contributed by atoms with van der Waals surface area (Å²) >= 11 is 0. The number of hydrogen-bond donors (Lipinski definition) is 0. The normalized spacial score (nSPS) is 11.4. The molecule has 1 heteroatoms. The van der Waals surface area contributed by atoms with E-state index in [1.54, 1.807) is 0 Å². The number of hydrogen-bond acceptors (Lipinski definition) is 1. The van der Waals surface area contributed by atoms with E-state index < -0.39 is 0 Å². The molecule has 0 aliphatic carbocycles. The highest BCUT2D eigenvalue weighted by molar-refractivity contribution is 6.13. The predicted molar refractivity (Wildman–Crippen MR) is 203 cm³/mol. The second-order valence-electron chi connectivity index (χ2n) is 12.6. The molecule has 0 spiro atoms. The van der Waals surface area contributed by atoms with Gasteiger partial charge in [0.05, 0.1) is 0 Å². The molecule has 9 aromatic rings. The van der Waals surface area contributed by atoms with Crippen LogP contribution in [0.25, 0.3) is 88.3 Å². The lowest BCUT2D eigenvalue weighted by atomic mass is 9.89. The van der Waals surface area contributed by atoms with E-state index in [4.69, 9.17) is 4.42 Å². The molecule has 1 nitrogen and oxygen atoms in total. The van der Waals surface area contributed by atoms with Gasteiger partial charge in [-0.25, -0.2) is 0 Å². The lowest BCUT2D eigenvalue weighted by Gasteiger charge is -2.15. The molecule has 0 N–H and O–H groups in total. The van der Waals surface area contributed by atoms with Crippen molar-refractivity contribution < 1.29 is 4.42 Å². The van der Waals surface area contributed by atoms with Crippen molar-refractivity contribution in [3.63, 3.8) is 0 Å². The van der Waals surface area contributed by atoms with Crippen LogP contribution in [0.4, 0.5) is 0 Å². The van der Waals surface area contributed by atoms with Crippen molar-refractivity contribution in [3.8, 4) is 55.6 Å². The zero-order chi connectivity index (χ0) is 32.0. The molecule has 0 fully saturated rings. The van der Waals surface area contributed by atoms with Gasteiger partial charge in [-0.2, -0.15) is 0 Å². The van der Waals surface area contributed by atoms with Crippen LogP contribution < -0.4 is 0 Å². The zero-order valence-corrected chi connectivity index (χ0v) is 26.7. The smallest absolute Gasteiger partial charge is 0.136 e. The molecular formula is C47H32O. The molecule has 0 radical (unpaired) electrons. The number of aryl methyl sites for hydroxylation is 1. The SMILES string of the molecule is Cc1ccc2oc3ccccc3c2c1-c1cc(-c2ccccc2)cc(-c2cccc(-c3ccc(-c4ccc5ccccc5c4)cc3)c2)c1. The topological polar surface area (TPSA) is 13.1 Å². The van der Waals surface area contributed by atoms with Gasteiger partial charge in [-0.3, -0.25) is 0 Å². The molecule has 0 bridgehead atoms. The Labute approximate surface area is 280 Å². The van der Waals surface area contributed by atoms with Crippen LogP contribution in [0.2, 0.25) is 0 Å². The summed E-state index contributed by atoms with van der Waals surface area (Å²) < 4.78 is 6.32. The summed E-state index contributed by atoms with van der Waals surface area (Å²) in [5, 5.41) is 4.84. The Morgan fingerprint density at radius 2 is 0.875 bits per heavy atom. The molecule has 0 atom stereocenters. The summed E-state index contributed by atoms with van der Waals surface area (Å²) in [5.74, 6) is 0. The Balaban J connectivity index is 1.16. The molecule has 9 rings (SSSR count). The Bertz CT molecular complexity index is 2610. The number of fused-ring (bicyclic) bond motifs is 4. The summed E-state index contributed by atoms with van der Waals surface area (Å²) in [7, 11) is 0. The first-order valence-corrected chi connectivity index (χ1v) is 16.5. The molecule has 0 aliphatic rings. The van der Waals surface area contributed by atoms with Gasteiger partial charge in [0.15, 0.2) is 0 Å². The van der Waals surface area contributed by atoms with Gasteiger partial charge >= 0.3 is 0 Å². The van der Waals surface area contributed by atoms with E-state index in [1.165, 1.54) is 77.4 Å². The Morgan fingerprint density at radius 3 is 1.67 bits per heavy atom. The molecule has 0 aliphatic heterocycles. The molecule has 1 aromatic heterocycles. The molecule has 48 heavy (non-hydrogen) atoms. The number of benzene rings is 8. The van der Waals surface area contributed by atoms with Crippen LogP contribution in [0.1, 0.15) is 5.56 Å². The van der Waals surface area contributed by atoms with Crippen LogP contribution in [-0.2, 0) is 0 Å². The lowest BCUT2D eigenvalue weighted by Crippen LogP contribution is -1.90. The number of para-hydroxylation sites is 1. The molecule has 226 valence electrons. The van der Waals surface area contributed by atoms with Crippen molar-refractivity contribution in [1.29, 1.82) is 0 Å². The largest absolute Gasteiger partial charge is 0.456 e. The minimum absolute atomic E-state index is 0.914. The van der Waals surface area contributed by atoms with E-state index in [0.29, 0.717) is 0 Å². The third-order valence-corrected chi connectivity index (χ3v) is 9.58. The first-order chi connectivity index (χ1) is 23.7. The first kappa shape index (κ1) is 28.1. The third kappa shape index (κ3) is 4.98. The highest BCUT2D eigenvalue weighted by atomic mass is 16.3. The van der Waals surface area contributed by atoms with Gasteiger partial charge in [-0.15, -0.1) is 0 Å². The van der Waals surface area contributed by atoms with Crippen molar-refractivity contribution in [2.45, 2.75) is 6.92 Å². The minimum atomic E-state index is 0.914. The van der Waals surface area contributed by atoms with Crippen molar-refractivity contribution >= 4 is 32.7 Å². The second kappa shape index (κ2) is 11.6. The van der Waals surface area contributed by atoms with Gasteiger partial charge in [0, 0.05) is 10.8 Å². The summed E-state index contributed by atoms with van der Waals surface area (Å²) in [5.41, 5.74) is 15.1. The van der Waals surface area contributed by atoms with E-state index in [1.807, 2.05) is 6.07 Å². The van der Waals surface area contributed by atoms with Crippen LogP contribution in [-0.4, -0.2) is 0 Å². The maximum absolute atomic E-state index is 6.32. The predicted octanol–water partition coefficient (Wildman–Crippen LogP) is 13.4. The van der Waals surface area contributed by atoms with E-state index in [0.717, 1.165) is 16.6 Å². The van der Waals surface area contributed by atoms with Crippen LogP contribution in [0, 0.1) is 6.92 Å². The molecule has 0 unspecified atom stereocenters. The highest BCUT2D eigenvalue weighted by Crippen LogP contribution is 2.42. The summed E-state index contributed by atoms with van der Waals surface area (Å²) in [6.07, 6.45) is 0. The van der Waals surface area contributed by atoms with Crippen LogP contribution in [0.15, 0.2) is 180 Å².